The van der Waals surface area contributed by atoms with Gasteiger partial charge in [-0.2, -0.15) is 18.6 Å². The zero-order chi connectivity index (χ0) is 15.5. The van der Waals surface area contributed by atoms with Crippen LogP contribution in [0.4, 0.5) is 11.4 Å². The maximum Gasteiger partial charge on any atom is 0.294 e. The normalized spacial score (nSPS) is 11.8. The summed E-state index contributed by atoms with van der Waals surface area (Å²) in [4.78, 5) is -0.222. The molecule has 2 rings (SSSR count). The SMILES string of the molecule is COc1cc(N=Nc2cccc(S(=O)(=O)O)c2)ccc1C. The Labute approximate surface area is 122 Å². The molecule has 1 N–H and O–H groups in total. The molecule has 2 aromatic rings. The summed E-state index contributed by atoms with van der Waals surface area (Å²) in [6.07, 6.45) is 0. The average Bonchev–Trinajstić information content (AvgIpc) is 2.46. The van der Waals surface area contributed by atoms with Gasteiger partial charge in [0, 0.05) is 6.07 Å². The van der Waals surface area contributed by atoms with Crippen LogP contribution in [0.5, 0.6) is 5.75 Å². The molecule has 0 aromatic heterocycles. The molecule has 0 spiro atoms. The van der Waals surface area contributed by atoms with Crippen LogP contribution < -0.4 is 4.74 Å². The molecule has 0 atom stereocenters. The molecule has 0 amide bonds. The van der Waals surface area contributed by atoms with Gasteiger partial charge in [-0.25, -0.2) is 0 Å². The number of nitrogens with zero attached hydrogens (tertiary/aromatic N) is 2. The molecule has 0 fully saturated rings. The molecule has 6 nitrogen and oxygen atoms in total. The van der Waals surface area contributed by atoms with Crippen molar-refractivity contribution in [1.82, 2.24) is 0 Å². The molecule has 0 aliphatic carbocycles. The Morgan fingerprint density at radius 3 is 2.33 bits per heavy atom. The lowest BCUT2D eigenvalue weighted by Crippen LogP contribution is -1.96. The highest BCUT2D eigenvalue weighted by Gasteiger charge is 2.09. The maximum atomic E-state index is 11.0. The monoisotopic (exact) mass is 306 g/mol. The lowest BCUT2D eigenvalue weighted by molar-refractivity contribution is 0.412. The van der Waals surface area contributed by atoms with E-state index in [1.54, 1.807) is 25.3 Å². The summed E-state index contributed by atoms with van der Waals surface area (Å²) in [5.41, 5.74) is 1.88. The highest BCUT2D eigenvalue weighted by Crippen LogP contribution is 2.26. The molecule has 0 bridgehead atoms. The van der Waals surface area contributed by atoms with Gasteiger partial charge in [0.1, 0.15) is 5.75 Å². The topological polar surface area (TPSA) is 88.3 Å². The van der Waals surface area contributed by atoms with Gasteiger partial charge in [-0.1, -0.05) is 12.1 Å². The minimum Gasteiger partial charge on any atom is -0.496 e. The van der Waals surface area contributed by atoms with Gasteiger partial charge in [0.25, 0.3) is 10.1 Å². The summed E-state index contributed by atoms with van der Waals surface area (Å²) in [6.45, 7) is 1.91. The first-order valence-electron chi connectivity index (χ1n) is 6.04. The standard InChI is InChI=1S/C14H14N2O4S/c1-10-6-7-12(9-14(10)20-2)16-15-11-4-3-5-13(8-11)21(17,18)19/h3-9H,1-2H3,(H,17,18,19). The number of azo groups is 1. The Balaban J connectivity index is 2.30. The average molecular weight is 306 g/mol. The molecular weight excluding hydrogens is 292 g/mol. The Bertz CT molecular complexity index is 785. The summed E-state index contributed by atoms with van der Waals surface area (Å²) in [6, 6.07) is 10.9. The molecule has 0 aliphatic rings. The Morgan fingerprint density at radius 2 is 1.71 bits per heavy atom. The van der Waals surface area contributed by atoms with Crippen LogP contribution in [-0.4, -0.2) is 20.1 Å². The number of aryl methyl sites for hydroxylation is 1. The van der Waals surface area contributed by atoms with E-state index in [4.69, 9.17) is 9.29 Å². The molecule has 0 radical (unpaired) electrons. The molecule has 21 heavy (non-hydrogen) atoms. The second-order valence-electron chi connectivity index (χ2n) is 4.33. The van der Waals surface area contributed by atoms with Crippen molar-refractivity contribution in [1.29, 1.82) is 0 Å². The zero-order valence-corrected chi connectivity index (χ0v) is 12.3. The van der Waals surface area contributed by atoms with Gasteiger partial charge in [0.15, 0.2) is 0 Å². The first-order chi connectivity index (χ1) is 9.90. The second-order valence-corrected chi connectivity index (χ2v) is 5.75. The number of hydrogen-bond acceptors (Lipinski definition) is 5. The van der Waals surface area contributed by atoms with Gasteiger partial charge >= 0.3 is 0 Å². The van der Waals surface area contributed by atoms with Gasteiger partial charge in [-0.3, -0.25) is 4.55 Å². The third-order valence-corrected chi connectivity index (χ3v) is 3.64. The fourth-order valence-electron chi connectivity index (χ4n) is 1.69. The van der Waals surface area contributed by atoms with Crippen molar-refractivity contribution in [3.63, 3.8) is 0 Å². The van der Waals surface area contributed by atoms with E-state index in [0.29, 0.717) is 17.1 Å². The largest absolute Gasteiger partial charge is 0.496 e. The molecular formula is C14H14N2O4S. The smallest absolute Gasteiger partial charge is 0.294 e. The molecule has 2 aromatic carbocycles. The van der Waals surface area contributed by atoms with Crippen LogP contribution in [0.25, 0.3) is 0 Å². The van der Waals surface area contributed by atoms with Crippen LogP contribution in [0.1, 0.15) is 5.56 Å². The quantitative estimate of drug-likeness (QED) is 0.689. The van der Waals surface area contributed by atoms with Crippen LogP contribution in [0.15, 0.2) is 57.6 Å². The molecule has 7 heteroatoms. The van der Waals surface area contributed by atoms with Crippen molar-refractivity contribution >= 4 is 21.5 Å². The first-order valence-corrected chi connectivity index (χ1v) is 7.48. The fraction of sp³-hybridized carbons (Fsp3) is 0.143. The molecule has 0 unspecified atom stereocenters. The number of benzene rings is 2. The van der Waals surface area contributed by atoms with Crippen LogP contribution in [0, 0.1) is 6.92 Å². The lowest BCUT2D eigenvalue weighted by atomic mass is 10.2. The van der Waals surface area contributed by atoms with E-state index >= 15 is 0 Å². The van der Waals surface area contributed by atoms with Crippen molar-refractivity contribution in [2.75, 3.05) is 7.11 Å². The minimum atomic E-state index is -4.25. The van der Waals surface area contributed by atoms with E-state index < -0.39 is 10.1 Å². The minimum absolute atomic E-state index is 0.222. The third kappa shape index (κ3) is 3.87. The van der Waals surface area contributed by atoms with E-state index in [9.17, 15) is 8.42 Å². The summed E-state index contributed by atoms with van der Waals surface area (Å²) in [5.74, 6) is 0.693. The summed E-state index contributed by atoms with van der Waals surface area (Å²) < 4.78 is 36.3. The van der Waals surface area contributed by atoms with E-state index in [1.807, 2.05) is 13.0 Å². The number of ether oxygens (including phenoxy) is 1. The van der Waals surface area contributed by atoms with Crippen molar-refractivity contribution < 1.29 is 17.7 Å². The van der Waals surface area contributed by atoms with Crippen molar-refractivity contribution in [2.24, 2.45) is 10.2 Å². The van der Waals surface area contributed by atoms with Gasteiger partial charge in [-0.05, 0) is 36.8 Å². The summed E-state index contributed by atoms with van der Waals surface area (Å²) in [5, 5.41) is 7.97. The summed E-state index contributed by atoms with van der Waals surface area (Å²) >= 11 is 0. The van der Waals surface area contributed by atoms with Crippen molar-refractivity contribution in [3.8, 4) is 5.75 Å². The van der Waals surface area contributed by atoms with Crippen molar-refractivity contribution in [2.45, 2.75) is 11.8 Å². The lowest BCUT2D eigenvalue weighted by Gasteiger charge is -2.04. The number of rotatable bonds is 4. The van der Waals surface area contributed by atoms with Gasteiger partial charge in [0.2, 0.25) is 0 Å². The van der Waals surface area contributed by atoms with Crippen LogP contribution in [-0.2, 0) is 10.1 Å². The number of hydrogen-bond donors (Lipinski definition) is 1. The van der Waals surface area contributed by atoms with Gasteiger partial charge in [0.05, 0.1) is 23.4 Å². The van der Waals surface area contributed by atoms with Gasteiger partial charge < -0.3 is 4.74 Å². The zero-order valence-electron chi connectivity index (χ0n) is 11.5. The second kappa shape index (κ2) is 6.02. The van der Waals surface area contributed by atoms with Crippen molar-refractivity contribution in [3.05, 3.63) is 48.0 Å². The predicted molar refractivity (Wildman–Crippen MR) is 78.2 cm³/mol. The van der Waals surface area contributed by atoms with Crippen LogP contribution in [0.3, 0.4) is 0 Å². The first kappa shape index (κ1) is 15.1. The summed E-state index contributed by atoms with van der Waals surface area (Å²) in [7, 11) is -2.68. The Hall–Kier alpha value is -2.25. The molecule has 110 valence electrons. The van der Waals surface area contributed by atoms with E-state index in [-0.39, 0.29) is 4.90 Å². The number of methoxy groups -OCH3 is 1. The van der Waals surface area contributed by atoms with Crippen LogP contribution >= 0.6 is 0 Å². The Kier molecular flexibility index (Phi) is 4.35. The van der Waals surface area contributed by atoms with E-state index in [1.165, 1.54) is 18.2 Å². The maximum absolute atomic E-state index is 11.0. The van der Waals surface area contributed by atoms with Gasteiger partial charge in [-0.15, -0.1) is 0 Å². The molecule has 0 saturated heterocycles. The molecule has 0 saturated carbocycles. The third-order valence-electron chi connectivity index (χ3n) is 2.79. The fourth-order valence-corrected chi connectivity index (χ4v) is 2.21. The molecule has 0 heterocycles. The van der Waals surface area contributed by atoms with Crippen LogP contribution in [0.2, 0.25) is 0 Å². The van der Waals surface area contributed by atoms with E-state index in [2.05, 4.69) is 10.2 Å². The highest BCUT2D eigenvalue weighted by atomic mass is 32.2. The predicted octanol–water partition coefficient (Wildman–Crippen LogP) is 3.67. The highest BCUT2D eigenvalue weighted by molar-refractivity contribution is 7.85. The Morgan fingerprint density at radius 1 is 1.05 bits per heavy atom. The molecule has 0 aliphatic heterocycles. The van der Waals surface area contributed by atoms with E-state index in [0.717, 1.165) is 5.56 Å².